The second-order valence-electron chi connectivity index (χ2n) is 5.61. The topological polar surface area (TPSA) is 41.9 Å². The van der Waals surface area contributed by atoms with E-state index in [2.05, 4.69) is 12.0 Å². The Kier molecular flexibility index (Phi) is 4.75. The Morgan fingerprint density at radius 1 is 1.08 bits per heavy atom. The molecule has 0 aliphatic carbocycles. The maximum absolute atomic E-state index is 12.6. The van der Waals surface area contributed by atoms with Gasteiger partial charge < -0.3 is 4.74 Å². The maximum atomic E-state index is 12.6. The van der Waals surface area contributed by atoms with Crippen LogP contribution in [0.25, 0.3) is 6.08 Å². The molecular weight excluding hydrogens is 300 g/mol. The van der Waals surface area contributed by atoms with Crippen LogP contribution < -0.4 is 9.75 Å². The highest BCUT2D eigenvalue weighted by Crippen LogP contribution is 2.25. The first-order chi connectivity index (χ1) is 11.7. The highest BCUT2D eigenvalue weighted by Gasteiger charge is 2.28. The van der Waals surface area contributed by atoms with Crippen LogP contribution in [-0.4, -0.2) is 18.2 Å². The largest absolute Gasteiger partial charge is 0.494 e. The summed E-state index contributed by atoms with van der Waals surface area (Å²) in [6.45, 7) is 4.63. The van der Waals surface area contributed by atoms with Crippen molar-refractivity contribution < 1.29 is 9.53 Å². The Labute approximate surface area is 142 Å². The van der Waals surface area contributed by atoms with Crippen LogP contribution in [0.15, 0.2) is 65.3 Å². The molecule has 2 aromatic rings. The van der Waals surface area contributed by atoms with Gasteiger partial charge in [0.15, 0.2) is 0 Å². The van der Waals surface area contributed by atoms with Gasteiger partial charge in [-0.25, -0.2) is 0 Å². The van der Waals surface area contributed by atoms with Gasteiger partial charge in [0.25, 0.3) is 5.91 Å². The first-order valence-electron chi connectivity index (χ1n) is 8.08. The number of nitrogens with zero attached hydrogens (tertiary/aromatic N) is 2. The van der Waals surface area contributed by atoms with Gasteiger partial charge in [0.1, 0.15) is 5.75 Å². The monoisotopic (exact) mass is 320 g/mol. The minimum atomic E-state index is -0.106. The van der Waals surface area contributed by atoms with Gasteiger partial charge in [-0.15, -0.1) is 0 Å². The summed E-state index contributed by atoms with van der Waals surface area (Å²) in [5, 5.41) is 5.83. The van der Waals surface area contributed by atoms with E-state index in [4.69, 9.17) is 4.74 Å². The number of carbonyl (C=O) groups excluding carboxylic acids is 1. The molecule has 0 aromatic heterocycles. The fourth-order valence-corrected chi connectivity index (χ4v) is 2.48. The van der Waals surface area contributed by atoms with Gasteiger partial charge in [-0.05, 0) is 49.2 Å². The molecule has 122 valence electrons. The van der Waals surface area contributed by atoms with E-state index in [0.717, 1.165) is 29.1 Å². The number of carbonyl (C=O) groups is 1. The summed E-state index contributed by atoms with van der Waals surface area (Å²) in [6, 6.07) is 17.2. The number of benzene rings is 2. The molecule has 1 aliphatic rings. The molecule has 1 aliphatic heterocycles. The average molecular weight is 320 g/mol. The standard InChI is InChI=1S/C20H20N2O2/c1-3-13-24-18-11-9-16(10-12-18)14-19-15(2)21-22(20(19)23)17-7-5-4-6-8-17/h4-12,14H,3,13H2,1-2H3/b19-14+. The molecule has 1 heterocycles. The van der Waals surface area contributed by atoms with Crippen molar-refractivity contribution in [3.8, 4) is 5.75 Å². The van der Waals surface area contributed by atoms with Crippen LogP contribution in [0, 0.1) is 0 Å². The number of hydrazone groups is 1. The van der Waals surface area contributed by atoms with Crippen LogP contribution in [0.5, 0.6) is 5.75 Å². The van der Waals surface area contributed by atoms with E-state index in [1.54, 1.807) is 0 Å². The molecule has 0 N–H and O–H groups in total. The first kappa shape index (κ1) is 16.0. The van der Waals surface area contributed by atoms with Crippen molar-refractivity contribution in [1.29, 1.82) is 0 Å². The molecule has 4 nitrogen and oxygen atoms in total. The van der Waals surface area contributed by atoms with Gasteiger partial charge >= 0.3 is 0 Å². The lowest BCUT2D eigenvalue weighted by atomic mass is 10.1. The van der Waals surface area contributed by atoms with E-state index in [9.17, 15) is 4.79 Å². The molecule has 0 atom stereocenters. The van der Waals surface area contributed by atoms with Crippen molar-refractivity contribution in [1.82, 2.24) is 0 Å². The molecule has 1 amide bonds. The molecule has 3 rings (SSSR count). The lowest BCUT2D eigenvalue weighted by Crippen LogP contribution is -2.21. The van der Waals surface area contributed by atoms with Gasteiger partial charge in [-0.1, -0.05) is 37.3 Å². The van der Waals surface area contributed by atoms with E-state index >= 15 is 0 Å². The quantitative estimate of drug-likeness (QED) is 0.772. The average Bonchev–Trinajstić information content (AvgIpc) is 2.90. The van der Waals surface area contributed by atoms with Crippen molar-refractivity contribution in [3.05, 3.63) is 65.7 Å². The molecule has 0 fully saturated rings. The SMILES string of the molecule is CCCOc1ccc(/C=C2/C(=O)N(c3ccccc3)N=C2C)cc1. The third kappa shape index (κ3) is 3.38. The predicted molar refractivity (Wildman–Crippen MR) is 97.2 cm³/mol. The van der Waals surface area contributed by atoms with Gasteiger partial charge in [0, 0.05) is 0 Å². The molecule has 24 heavy (non-hydrogen) atoms. The Hall–Kier alpha value is -2.88. The molecule has 0 radical (unpaired) electrons. The number of anilines is 1. The number of ether oxygens (including phenoxy) is 1. The van der Waals surface area contributed by atoms with Crippen molar-refractivity contribution in [2.75, 3.05) is 11.6 Å². The molecule has 0 saturated heterocycles. The number of amides is 1. The minimum absolute atomic E-state index is 0.106. The fraction of sp³-hybridized carbons (Fsp3) is 0.200. The van der Waals surface area contributed by atoms with E-state index in [-0.39, 0.29) is 5.91 Å². The third-order valence-electron chi connectivity index (χ3n) is 3.73. The number of para-hydroxylation sites is 1. The van der Waals surface area contributed by atoms with Crippen LogP contribution in [0.2, 0.25) is 0 Å². The summed E-state index contributed by atoms with van der Waals surface area (Å²) in [4.78, 5) is 12.6. The summed E-state index contributed by atoms with van der Waals surface area (Å²) in [5.74, 6) is 0.734. The van der Waals surface area contributed by atoms with Crippen LogP contribution >= 0.6 is 0 Å². The summed E-state index contributed by atoms with van der Waals surface area (Å²) >= 11 is 0. The number of hydrogen-bond donors (Lipinski definition) is 0. The molecule has 0 bridgehead atoms. The van der Waals surface area contributed by atoms with Crippen LogP contribution in [0.4, 0.5) is 5.69 Å². The zero-order valence-electron chi connectivity index (χ0n) is 13.9. The molecule has 2 aromatic carbocycles. The van der Waals surface area contributed by atoms with Crippen molar-refractivity contribution in [3.63, 3.8) is 0 Å². The highest BCUT2D eigenvalue weighted by molar-refractivity contribution is 6.32. The second-order valence-corrected chi connectivity index (χ2v) is 5.61. The van der Waals surface area contributed by atoms with Crippen LogP contribution in [-0.2, 0) is 4.79 Å². The van der Waals surface area contributed by atoms with Crippen molar-refractivity contribution >= 4 is 23.4 Å². The fourth-order valence-electron chi connectivity index (χ4n) is 2.48. The predicted octanol–water partition coefficient (Wildman–Crippen LogP) is 4.28. The lowest BCUT2D eigenvalue weighted by molar-refractivity contribution is -0.114. The number of hydrogen-bond acceptors (Lipinski definition) is 3. The second kappa shape index (κ2) is 7.13. The molecular formula is C20H20N2O2. The lowest BCUT2D eigenvalue weighted by Gasteiger charge is -2.11. The van der Waals surface area contributed by atoms with Crippen LogP contribution in [0.1, 0.15) is 25.8 Å². The van der Waals surface area contributed by atoms with E-state index in [1.165, 1.54) is 5.01 Å². The summed E-state index contributed by atoms with van der Waals surface area (Å²) in [6.07, 6.45) is 2.85. The van der Waals surface area contributed by atoms with Gasteiger partial charge in [0.2, 0.25) is 0 Å². The van der Waals surface area contributed by atoms with Gasteiger partial charge in [0.05, 0.1) is 23.6 Å². The van der Waals surface area contributed by atoms with E-state index < -0.39 is 0 Å². The minimum Gasteiger partial charge on any atom is -0.494 e. The molecule has 4 heteroatoms. The number of rotatable bonds is 5. The Morgan fingerprint density at radius 3 is 2.46 bits per heavy atom. The molecule has 0 spiro atoms. The Morgan fingerprint density at radius 2 is 1.79 bits per heavy atom. The zero-order chi connectivity index (χ0) is 16.9. The Balaban J connectivity index is 1.81. The van der Waals surface area contributed by atoms with E-state index in [1.807, 2.05) is 67.6 Å². The van der Waals surface area contributed by atoms with Crippen molar-refractivity contribution in [2.45, 2.75) is 20.3 Å². The third-order valence-corrected chi connectivity index (χ3v) is 3.73. The molecule has 0 unspecified atom stereocenters. The normalized spacial score (nSPS) is 15.8. The van der Waals surface area contributed by atoms with Gasteiger partial charge in [-0.2, -0.15) is 10.1 Å². The van der Waals surface area contributed by atoms with Crippen LogP contribution in [0.3, 0.4) is 0 Å². The van der Waals surface area contributed by atoms with E-state index in [0.29, 0.717) is 12.2 Å². The molecule has 0 saturated carbocycles. The summed E-state index contributed by atoms with van der Waals surface area (Å²) in [5.41, 5.74) is 3.05. The summed E-state index contributed by atoms with van der Waals surface area (Å²) < 4.78 is 5.58. The smallest absolute Gasteiger partial charge is 0.280 e. The Bertz CT molecular complexity index is 777. The highest BCUT2D eigenvalue weighted by atomic mass is 16.5. The summed E-state index contributed by atoms with van der Waals surface area (Å²) in [7, 11) is 0. The first-order valence-corrected chi connectivity index (χ1v) is 8.08. The maximum Gasteiger partial charge on any atom is 0.280 e. The van der Waals surface area contributed by atoms with Crippen molar-refractivity contribution in [2.24, 2.45) is 5.10 Å². The zero-order valence-corrected chi connectivity index (χ0v) is 13.9. The van der Waals surface area contributed by atoms with Gasteiger partial charge in [-0.3, -0.25) is 4.79 Å².